The van der Waals surface area contributed by atoms with E-state index < -0.39 is 5.97 Å². The van der Waals surface area contributed by atoms with E-state index >= 15 is 0 Å². The van der Waals surface area contributed by atoms with Crippen molar-refractivity contribution in [1.82, 2.24) is 4.98 Å². The highest BCUT2D eigenvalue weighted by molar-refractivity contribution is 6.30. The highest BCUT2D eigenvalue weighted by atomic mass is 35.5. The Labute approximate surface area is 116 Å². The average Bonchev–Trinajstić information content (AvgIpc) is 3.19. The van der Waals surface area contributed by atoms with Gasteiger partial charge in [-0.05, 0) is 18.6 Å². The van der Waals surface area contributed by atoms with Crippen molar-refractivity contribution in [2.45, 2.75) is 12.3 Å². The summed E-state index contributed by atoms with van der Waals surface area (Å²) in [6.07, 6.45) is 0.658. The van der Waals surface area contributed by atoms with E-state index in [4.69, 9.17) is 21.4 Å². The molecule has 3 rings (SSSR count). The summed E-state index contributed by atoms with van der Waals surface area (Å²) in [6.45, 7) is 2.95. The molecule has 1 N–H and O–H groups in total. The van der Waals surface area contributed by atoms with Gasteiger partial charge in [0.1, 0.15) is 5.82 Å². The fourth-order valence-corrected chi connectivity index (χ4v) is 2.65. The van der Waals surface area contributed by atoms with Crippen molar-refractivity contribution in [3.05, 3.63) is 22.8 Å². The van der Waals surface area contributed by atoms with Crippen molar-refractivity contribution in [2.24, 2.45) is 5.92 Å². The Morgan fingerprint density at radius 2 is 2.16 bits per heavy atom. The highest BCUT2D eigenvalue weighted by Gasteiger charge is 2.45. The predicted molar refractivity (Wildman–Crippen MR) is 70.8 cm³/mol. The number of ether oxygens (including phenoxy) is 1. The second kappa shape index (κ2) is 4.98. The van der Waals surface area contributed by atoms with Crippen molar-refractivity contribution in [1.29, 1.82) is 0 Å². The molecular weight excluding hydrogens is 268 g/mol. The van der Waals surface area contributed by atoms with Gasteiger partial charge in [-0.3, -0.25) is 4.79 Å². The van der Waals surface area contributed by atoms with E-state index in [1.54, 1.807) is 6.07 Å². The van der Waals surface area contributed by atoms with E-state index in [1.165, 1.54) is 0 Å². The van der Waals surface area contributed by atoms with E-state index in [2.05, 4.69) is 9.88 Å². The molecule has 2 unspecified atom stereocenters. The lowest BCUT2D eigenvalue weighted by Crippen LogP contribution is -2.36. The van der Waals surface area contributed by atoms with Crippen molar-refractivity contribution in [2.75, 3.05) is 31.2 Å². The van der Waals surface area contributed by atoms with Crippen molar-refractivity contribution >= 4 is 23.4 Å². The Morgan fingerprint density at radius 3 is 2.79 bits per heavy atom. The van der Waals surface area contributed by atoms with Crippen molar-refractivity contribution in [3.63, 3.8) is 0 Å². The monoisotopic (exact) mass is 282 g/mol. The van der Waals surface area contributed by atoms with Gasteiger partial charge >= 0.3 is 5.97 Å². The van der Waals surface area contributed by atoms with Gasteiger partial charge in [-0.25, -0.2) is 4.98 Å². The van der Waals surface area contributed by atoms with Crippen LogP contribution in [0.1, 0.15) is 18.0 Å². The van der Waals surface area contributed by atoms with Gasteiger partial charge in [0.15, 0.2) is 0 Å². The molecule has 0 aromatic carbocycles. The lowest BCUT2D eigenvalue weighted by atomic mass is 10.2. The number of halogens is 1. The molecule has 0 amide bonds. The number of anilines is 1. The molecule has 1 aromatic heterocycles. The zero-order valence-electron chi connectivity index (χ0n) is 10.4. The van der Waals surface area contributed by atoms with E-state index in [0.717, 1.165) is 24.6 Å². The van der Waals surface area contributed by atoms with Crippen LogP contribution in [0.4, 0.5) is 5.82 Å². The quantitative estimate of drug-likeness (QED) is 0.915. The minimum Gasteiger partial charge on any atom is -0.481 e. The number of aliphatic carboxylic acids is 1. The van der Waals surface area contributed by atoms with Gasteiger partial charge in [0, 0.05) is 29.7 Å². The van der Waals surface area contributed by atoms with Crippen LogP contribution < -0.4 is 4.90 Å². The molecule has 2 atom stereocenters. The number of hydrogen-bond donors (Lipinski definition) is 1. The number of hydrogen-bond acceptors (Lipinski definition) is 4. The van der Waals surface area contributed by atoms with Gasteiger partial charge in [0.05, 0.1) is 19.1 Å². The molecular formula is C13H15ClN2O3. The maximum atomic E-state index is 10.9. The van der Waals surface area contributed by atoms with Gasteiger partial charge in [-0.15, -0.1) is 0 Å². The highest BCUT2D eigenvalue weighted by Crippen LogP contribution is 2.47. The lowest BCUT2D eigenvalue weighted by Gasteiger charge is -2.28. The molecule has 1 aliphatic carbocycles. The third-order valence-corrected chi connectivity index (χ3v) is 3.84. The lowest BCUT2D eigenvalue weighted by molar-refractivity contribution is -0.138. The summed E-state index contributed by atoms with van der Waals surface area (Å²) >= 11 is 6.12. The first-order valence-electron chi connectivity index (χ1n) is 6.38. The largest absolute Gasteiger partial charge is 0.481 e. The molecule has 1 saturated carbocycles. The van der Waals surface area contributed by atoms with Crippen LogP contribution in [0.3, 0.4) is 0 Å². The second-order valence-corrected chi connectivity index (χ2v) is 5.39. The van der Waals surface area contributed by atoms with Crippen LogP contribution in [-0.2, 0) is 9.53 Å². The number of carbonyl (C=O) groups is 1. The Morgan fingerprint density at radius 1 is 1.42 bits per heavy atom. The number of aromatic nitrogens is 1. The van der Waals surface area contributed by atoms with Crippen LogP contribution in [0.15, 0.2) is 12.1 Å². The number of rotatable bonds is 3. The summed E-state index contributed by atoms with van der Waals surface area (Å²) in [5, 5.41) is 9.60. The zero-order valence-corrected chi connectivity index (χ0v) is 11.1. The summed E-state index contributed by atoms with van der Waals surface area (Å²) < 4.78 is 5.31. The van der Waals surface area contributed by atoms with Crippen LogP contribution in [-0.4, -0.2) is 42.4 Å². The minimum absolute atomic E-state index is 0.0102. The summed E-state index contributed by atoms with van der Waals surface area (Å²) in [5.74, 6) is -0.221. The van der Waals surface area contributed by atoms with E-state index in [9.17, 15) is 4.79 Å². The van der Waals surface area contributed by atoms with Crippen molar-refractivity contribution < 1.29 is 14.6 Å². The molecule has 6 heteroatoms. The predicted octanol–water partition coefficient (Wildman–Crippen LogP) is 1.76. The number of carboxylic acids is 1. The van der Waals surface area contributed by atoms with Crippen LogP contribution in [0, 0.1) is 5.92 Å². The normalized spacial score (nSPS) is 26.3. The average molecular weight is 283 g/mol. The molecule has 0 spiro atoms. The topological polar surface area (TPSA) is 62.7 Å². The van der Waals surface area contributed by atoms with E-state index in [-0.39, 0.29) is 11.8 Å². The summed E-state index contributed by atoms with van der Waals surface area (Å²) in [6, 6.07) is 3.60. The molecule has 2 aliphatic rings. The summed E-state index contributed by atoms with van der Waals surface area (Å²) in [4.78, 5) is 17.6. The molecule has 5 nitrogen and oxygen atoms in total. The smallest absolute Gasteiger partial charge is 0.307 e. The Balaban J connectivity index is 1.82. The standard InChI is InChI=1S/C13H15ClN2O3/c14-8-5-11(9-7-10(9)13(17)18)15-12(6-8)16-1-3-19-4-2-16/h5-6,9-10H,1-4,7H2,(H,17,18). The van der Waals surface area contributed by atoms with Gasteiger partial charge in [-0.2, -0.15) is 0 Å². The van der Waals surface area contributed by atoms with Gasteiger partial charge < -0.3 is 14.7 Å². The number of carboxylic acid groups (broad SMARTS) is 1. The van der Waals surface area contributed by atoms with Crippen LogP contribution in [0.5, 0.6) is 0 Å². The molecule has 2 heterocycles. The second-order valence-electron chi connectivity index (χ2n) is 4.95. The Bertz CT molecular complexity index is 503. The Kier molecular flexibility index (Phi) is 3.33. The van der Waals surface area contributed by atoms with Gasteiger partial charge in [0.2, 0.25) is 0 Å². The van der Waals surface area contributed by atoms with Crippen LogP contribution >= 0.6 is 11.6 Å². The molecule has 1 saturated heterocycles. The summed E-state index contributed by atoms with van der Waals surface area (Å²) in [5.41, 5.74) is 0.793. The maximum Gasteiger partial charge on any atom is 0.307 e. The molecule has 0 bridgehead atoms. The van der Waals surface area contributed by atoms with Crippen molar-refractivity contribution in [3.8, 4) is 0 Å². The SMILES string of the molecule is O=C(O)C1CC1c1cc(Cl)cc(N2CCOCC2)n1. The Hall–Kier alpha value is -1.33. The van der Waals surface area contributed by atoms with E-state index in [0.29, 0.717) is 24.7 Å². The molecule has 1 aliphatic heterocycles. The first-order chi connectivity index (χ1) is 9.15. The number of nitrogens with zero attached hydrogens (tertiary/aromatic N) is 2. The van der Waals surface area contributed by atoms with E-state index in [1.807, 2.05) is 6.07 Å². The maximum absolute atomic E-state index is 10.9. The molecule has 2 fully saturated rings. The van der Waals surface area contributed by atoms with Gasteiger partial charge in [-0.1, -0.05) is 11.6 Å². The fourth-order valence-electron chi connectivity index (χ4n) is 2.44. The third-order valence-electron chi connectivity index (χ3n) is 3.62. The summed E-state index contributed by atoms with van der Waals surface area (Å²) in [7, 11) is 0. The third kappa shape index (κ3) is 2.67. The van der Waals surface area contributed by atoms with Gasteiger partial charge in [0.25, 0.3) is 0 Å². The number of pyridine rings is 1. The first-order valence-corrected chi connectivity index (χ1v) is 6.76. The fraction of sp³-hybridized carbons (Fsp3) is 0.538. The zero-order chi connectivity index (χ0) is 13.4. The van der Waals surface area contributed by atoms with Crippen LogP contribution in [0.25, 0.3) is 0 Å². The first kappa shape index (κ1) is 12.7. The molecule has 1 aromatic rings. The molecule has 19 heavy (non-hydrogen) atoms. The minimum atomic E-state index is -0.750. The molecule has 102 valence electrons. The number of morpholine rings is 1. The van der Waals surface area contributed by atoms with Crippen LogP contribution in [0.2, 0.25) is 5.02 Å². The molecule has 0 radical (unpaired) electrons.